The summed E-state index contributed by atoms with van der Waals surface area (Å²) in [6.45, 7) is 2.03. The lowest BCUT2D eigenvalue weighted by Crippen LogP contribution is -2.38. The zero-order valence-electron chi connectivity index (χ0n) is 16.8. The zero-order valence-corrected chi connectivity index (χ0v) is 16.8. The minimum absolute atomic E-state index is 0.140. The van der Waals surface area contributed by atoms with E-state index < -0.39 is 17.8 Å². The number of benzene rings is 2. The van der Waals surface area contributed by atoms with E-state index in [1.165, 1.54) is 0 Å². The first-order valence-electron chi connectivity index (χ1n) is 9.61. The molecule has 0 saturated carbocycles. The van der Waals surface area contributed by atoms with Crippen LogP contribution in [0, 0.1) is 5.41 Å². The molecule has 0 aromatic heterocycles. The molecule has 30 heavy (non-hydrogen) atoms. The van der Waals surface area contributed by atoms with Gasteiger partial charge in [-0.25, -0.2) is 0 Å². The number of amides is 2. The van der Waals surface area contributed by atoms with Gasteiger partial charge >= 0.3 is 0 Å². The van der Waals surface area contributed by atoms with Crippen LogP contribution in [-0.2, 0) is 9.59 Å². The number of rotatable bonds is 9. The molecule has 2 unspecified atom stereocenters. The number of hydrogen-bond donors (Lipinski definition) is 5. The van der Waals surface area contributed by atoms with Gasteiger partial charge in [-0.2, -0.15) is 0 Å². The van der Waals surface area contributed by atoms with Gasteiger partial charge < -0.3 is 27.2 Å². The SMILES string of the molecule is CCCC(C(=O)Nc1ccc(N)c(C(N)NC(=O)C(=N)/C=C\[OH2+])c1)c1ccccc1. The molecule has 0 aliphatic rings. The summed E-state index contributed by atoms with van der Waals surface area (Å²) in [6.07, 6.45) is 2.47. The van der Waals surface area contributed by atoms with Crippen molar-refractivity contribution in [3.05, 3.63) is 72.0 Å². The van der Waals surface area contributed by atoms with E-state index in [1.54, 1.807) is 18.2 Å². The molecular weight excluding hydrogens is 382 g/mol. The molecule has 0 radical (unpaired) electrons. The van der Waals surface area contributed by atoms with E-state index in [0.29, 0.717) is 23.4 Å². The summed E-state index contributed by atoms with van der Waals surface area (Å²) >= 11 is 0. The summed E-state index contributed by atoms with van der Waals surface area (Å²) in [5.74, 6) is -1.16. The van der Waals surface area contributed by atoms with E-state index >= 15 is 0 Å². The Morgan fingerprint density at radius 3 is 2.53 bits per heavy atom. The van der Waals surface area contributed by atoms with Crippen molar-refractivity contribution in [1.82, 2.24) is 5.32 Å². The summed E-state index contributed by atoms with van der Waals surface area (Å²) in [6, 6.07) is 14.5. The molecule has 8 heteroatoms. The van der Waals surface area contributed by atoms with Crippen molar-refractivity contribution in [1.29, 1.82) is 5.41 Å². The van der Waals surface area contributed by atoms with Gasteiger partial charge in [-0.15, -0.1) is 0 Å². The van der Waals surface area contributed by atoms with E-state index in [0.717, 1.165) is 24.3 Å². The molecule has 0 bridgehead atoms. The quantitative estimate of drug-likeness (QED) is 0.141. The molecule has 8 nitrogen and oxygen atoms in total. The number of carbonyl (C=O) groups is 2. The molecule has 0 spiro atoms. The van der Waals surface area contributed by atoms with Crippen molar-refractivity contribution in [3.8, 4) is 0 Å². The van der Waals surface area contributed by atoms with Gasteiger partial charge in [-0.05, 0) is 30.2 Å². The van der Waals surface area contributed by atoms with E-state index in [-0.39, 0.29) is 11.8 Å². The second kappa shape index (κ2) is 10.8. The Kier molecular flexibility index (Phi) is 8.13. The number of nitrogens with two attached hydrogens (primary N) is 2. The van der Waals surface area contributed by atoms with E-state index in [4.69, 9.17) is 22.0 Å². The minimum Gasteiger partial charge on any atom is -0.599 e. The maximum Gasteiger partial charge on any atom is 0.270 e. The van der Waals surface area contributed by atoms with Gasteiger partial charge in [-0.1, -0.05) is 43.7 Å². The Labute approximate surface area is 175 Å². The molecular formula is C22H28N5O3+. The molecule has 0 aliphatic heterocycles. The van der Waals surface area contributed by atoms with Gasteiger partial charge in [0.25, 0.3) is 5.91 Å². The number of hydrogen-bond acceptors (Lipinski definition) is 5. The lowest BCUT2D eigenvalue weighted by atomic mass is 9.93. The van der Waals surface area contributed by atoms with Crippen LogP contribution >= 0.6 is 0 Å². The largest absolute Gasteiger partial charge is 0.599 e. The van der Waals surface area contributed by atoms with Crippen molar-refractivity contribution in [2.75, 3.05) is 11.1 Å². The highest BCUT2D eigenvalue weighted by molar-refractivity contribution is 6.42. The molecule has 0 saturated heterocycles. The number of nitrogens with one attached hydrogen (secondary N) is 3. The number of anilines is 2. The Morgan fingerprint density at radius 2 is 1.90 bits per heavy atom. The highest BCUT2D eigenvalue weighted by atomic mass is 16.2. The lowest BCUT2D eigenvalue weighted by molar-refractivity contribution is -0.118. The van der Waals surface area contributed by atoms with Gasteiger partial charge in [0.1, 0.15) is 11.9 Å². The number of nitrogen functional groups attached to an aromatic ring is 1. The third kappa shape index (κ3) is 5.92. The van der Waals surface area contributed by atoms with Crippen LogP contribution in [0.15, 0.2) is 60.9 Å². The summed E-state index contributed by atoms with van der Waals surface area (Å²) in [4.78, 5) is 24.9. The molecule has 2 rings (SSSR count). The number of carbonyl (C=O) groups excluding carboxylic acids is 2. The molecule has 2 atom stereocenters. The topological polar surface area (TPSA) is 157 Å². The van der Waals surface area contributed by atoms with E-state index in [2.05, 4.69) is 10.6 Å². The van der Waals surface area contributed by atoms with Crippen LogP contribution in [0.2, 0.25) is 0 Å². The van der Waals surface area contributed by atoms with Crippen LogP contribution in [0.1, 0.15) is 43.0 Å². The fraction of sp³-hybridized carbons (Fsp3) is 0.227. The highest BCUT2D eigenvalue weighted by Crippen LogP contribution is 2.26. The zero-order chi connectivity index (χ0) is 22.1. The van der Waals surface area contributed by atoms with Crippen LogP contribution in [0.5, 0.6) is 0 Å². The van der Waals surface area contributed by atoms with Gasteiger partial charge in [0.05, 0.1) is 12.0 Å². The normalized spacial score (nSPS) is 12.9. The van der Waals surface area contributed by atoms with Crippen molar-refractivity contribution in [3.63, 3.8) is 0 Å². The smallest absolute Gasteiger partial charge is 0.270 e. The Hall–Kier alpha value is -3.65. The molecule has 2 aromatic rings. The molecule has 2 aromatic carbocycles. The predicted molar refractivity (Wildman–Crippen MR) is 119 cm³/mol. The van der Waals surface area contributed by atoms with Crippen molar-refractivity contribution in [2.45, 2.75) is 31.8 Å². The van der Waals surface area contributed by atoms with E-state index in [1.807, 2.05) is 37.3 Å². The fourth-order valence-corrected chi connectivity index (χ4v) is 3.03. The summed E-state index contributed by atoms with van der Waals surface area (Å²) < 4.78 is 0. The molecule has 2 amide bonds. The van der Waals surface area contributed by atoms with Gasteiger partial charge in [0.15, 0.2) is 0 Å². The Balaban J connectivity index is 2.18. The van der Waals surface area contributed by atoms with Crippen LogP contribution in [-0.4, -0.2) is 22.6 Å². The maximum absolute atomic E-state index is 12.9. The first-order chi connectivity index (χ1) is 14.4. The average molecular weight is 410 g/mol. The molecule has 0 heterocycles. The van der Waals surface area contributed by atoms with Crippen molar-refractivity contribution < 1.29 is 14.7 Å². The second-order valence-corrected chi connectivity index (χ2v) is 6.78. The van der Waals surface area contributed by atoms with Crippen LogP contribution in [0.25, 0.3) is 0 Å². The van der Waals surface area contributed by atoms with E-state index in [9.17, 15) is 9.59 Å². The van der Waals surface area contributed by atoms with Gasteiger partial charge in [0, 0.05) is 16.9 Å². The maximum atomic E-state index is 12.9. The fourth-order valence-electron chi connectivity index (χ4n) is 3.03. The first kappa shape index (κ1) is 22.6. The lowest BCUT2D eigenvalue weighted by Gasteiger charge is -2.19. The van der Waals surface area contributed by atoms with Crippen LogP contribution < -0.4 is 22.1 Å². The van der Waals surface area contributed by atoms with Crippen LogP contribution in [0.3, 0.4) is 0 Å². The third-order valence-electron chi connectivity index (χ3n) is 4.57. The predicted octanol–water partition coefficient (Wildman–Crippen LogP) is 2.12. The Morgan fingerprint density at radius 1 is 1.20 bits per heavy atom. The third-order valence-corrected chi connectivity index (χ3v) is 4.57. The molecule has 0 aliphatic carbocycles. The molecule has 0 fully saturated rings. The Bertz CT molecular complexity index is 928. The van der Waals surface area contributed by atoms with Crippen molar-refractivity contribution in [2.24, 2.45) is 5.73 Å². The first-order valence-corrected chi connectivity index (χ1v) is 9.61. The molecule has 9 N–H and O–H groups in total. The summed E-state index contributed by atoms with van der Waals surface area (Å²) in [5, 5.41) is 19.8. The van der Waals surface area contributed by atoms with Crippen molar-refractivity contribution >= 4 is 28.9 Å². The van der Waals surface area contributed by atoms with Gasteiger partial charge in [-0.3, -0.25) is 15.0 Å². The molecule has 158 valence electrons. The summed E-state index contributed by atoms with van der Waals surface area (Å²) in [5.41, 5.74) is 13.8. The highest BCUT2D eigenvalue weighted by Gasteiger charge is 2.21. The standard InChI is InChI=1S/C22H27N5O3/c1-2-6-16(14-7-4-3-5-8-14)21(29)26-15-9-10-18(23)17(13-15)20(25)27-22(30)19(24)11-12-28/h3-5,7-13,16,20,24,28H,2,6,23,25H2,1H3,(H,26,29)(H,27,30)/p+1/b12-11-,24-19?. The average Bonchev–Trinajstić information content (AvgIpc) is 2.73. The monoisotopic (exact) mass is 410 g/mol. The van der Waals surface area contributed by atoms with Gasteiger partial charge in [0.2, 0.25) is 12.2 Å². The summed E-state index contributed by atoms with van der Waals surface area (Å²) in [7, 11) is 0. The minimum atomic E-state index is -0.977. The van der Waals surface area contributed by atoms with Crippen LogP contribution in [0.4, 0.5) is 11.4 Å². The second-order valence-electron chi connectivity index (χ2n) is 6.78.